The van der Waals surface area contributed by atoms with Crippen molar-refractivity contribution in [2.75, 3.05) is 32.8 Å². The maximum Gasteiger partial charge on any atom is 0.224 e. The van der Waals surface area contributed by atoms with Crippen LogP contribution in [0.3, 0.4) is 0 Å². The van der Waals surface area contributed by atoms with Crippen LogP contribution >= 0.6 is 11.6 Å². The van der Waals surface area contributed by atoms with Crippen molar-refractivity contribution in [2.24, 2.45) is 0 Å². The molecule has 1 saturated heterocycles. The number of hydrogen-bond donors (Lipinski definition) is 1. The molecule has 0 aliphatic carbocycles. The number of hydrogen-bond acceptors (Lipinski definition) is 5. The number of ether oxygens (including phenoxy) is 2. The van der Waals surface area contributed by atoms with Crippen LogP contribution in [0, 0.1) is 0 Å². The Balaban J connectivity index is 1.39. The third kappa shape index (κ3) is 4.22. The molecule has 0 bridgehead atoms. The second kappa shape index (κ2) is 8.23. The zero-order valence-corrected chi connectivity index (χ0v) is 15.8. The molecule has 27 heavy (non-hydrogen) atoms. The summed E-state index contributed by atoms with van der Waals surface area (Å²) in [6.45, 7) is 3.54. The molecule has 0 spiro atoms. The van der Waals surface area contributed by atoms with Gasteiger partial charge >= 0.3 is 0 Å². The Morgan fingerprint density at radius 2 is 2.04 bits per heavy atom. The van der Waals surface area contributed by atoms with Crippen molar-refractivity contribution in [1.82, 2.24) is 10.2 Å². The zero-order valence-electron chi connectivity index (χ0n) is 15.1. The number of carbonyl (C=O) groups is 1. The SMILES string of the molecule is O=C(Cc1cc(Cl)c2c(c1)OCCO2)NCC(c1ccco1)N1CCCC1. The average molecular weight is 391 g/mol. The smallest absolute Gasteiger partial charge is 0.224 e. The molecular formula is C20H23ClN2O4. The fourth-order valence-electron chi connectivity index (χ4n) is 3.67. The summed E-state index contributed by atoms with van der Waals surface area (Å²) in [5.41, 5.74) is 0.803. The molecular weight excluding hydrogens is 368 g/mol. The lowest BCUT2D eigenvalue weighted by molar-refractivity contribution is -0.120. The lowest BCUT2D eigenvalue weighted by atomic mass is 10.1. The van der Waals surface area contributed by atoms with Gasteiger partial charge in [0.15, 0.2) is 11.5 Å². The molecule has 144 valence electrons. The van der Waals surface area contributed by atoms with Crippen LogP contribution in [0.5, 0.6) is 11.5 Å². The van der Waals surface area contributed by atoms with Crippen LogP contribution in [0.15, 0.2) is 34.9 Å². The number of furan rings is 1. The van der Waals surface area contributed by atoms with Gasteiger partial charge in [-0.05, 0) is 55.8 Å². The van der Waals surface area contributed by atoms with E-state index in [9.17, 15) is 4.79 Å². The van der Waals surface area contributed by atoms with Crippen LogP contribution in [0.4, 0.5) is 0 Å². The molecule has 3 heterocycles. The van der Waals surface area contributed by atoms with Crippen molar-refractivity contribution < 1.29 is 18.7 Å². The van der Waals surface area contributed by atoms with E-state index < -0.39 is 0 Å². The summed E-state index contributed by atoms with van der Waals surface area (Å²) in [7, 11) is 0. The van der Waals surface area contributed by atoms with Crippen molar-refractivity contribution in [3.05, 3.63) is 46.9 Å². The van der Waals surface area contributed by atoms with Crippen molar-refractivity contribution in [1.29, 1.82) is 0 Å². The molecule has 1 unspecified atom stereocenters. The Bertz CT molecular complexity index is 788. The molecule has 0 saturated carbocycles. The number of rotatable bonds is 6. The van der Waals surface area contributed by atoms with Crippen LogP contribution in [0.1, 0.15) is 30.2 Å². The van der Waals surface area contributed by atoms with Gasteiger partial charge in [0.25, 0.3) is 0 Å². The van der Waals surface area contributed by atoms with Crippen LogP contribution in [-0.2, 0) is 11.2 Å². The Labute approximate surface area is 163 Å². The highest BCUT2D eigenvalue weighted by molar-refractivity contribution is 6.32. The highest BCUT2D eigenvalue weighted by Gasteiger charge is 2.26. The predicted molar refractivity (Wildman–Crippen MR) is 101 cm³/mol. The van der Waals surface area contributed by atoms with E-state index in [2.05, 4.69) is 10.2 Å². The highest BCUT2D eigenvalue weighted by Crippen LogP contribution is 2.38. The fraction of sp³-hybridized carbons (Fsp3) is 0.450. The van der Waals surface area contributed by atoms with Gasteiger partial charge in [-0.1, -0.05) is 11.6 Å². The van der Waals surface area contributed by atoms with Crippen molar-refractivity contribution in [3.8, 4) is 11.5 Å². The summed E-state index contributed by atoms with van der Waals surface area (Å²) < 4.78 is 16.7. The minimum atomic E-state index is -0.0569. The number of halogens is 1. The quantitative estimate of drug-likeness (QED) is 0.820. The number of benzene rings is 1. The molecule has 1 fully saturated rings. The lowest BCUT2D eigenvalue weighted by Crippen LogP contribution is -2.37. The summed E-state index contributed by atoms with van der Waals surface area (Å²) in [5.74, 6) is 1.99. The summed E-state index contributed by atoms with van der Waals surface area (Å²) in [6, 6.07) is 7.51. The van der Waals surface area contributed by atoms with E-state index in [1.807, 2.05) is 18.2 Å². The second-order valence-electron chi connectivity index (χ2n) is 6.86. The van der Waals surface area contributed by atoms with E-state index in [4.69, 9.17) is 25.5 Å². The minimum absolute atomic E-state index is 0.0569. The maximum absolute atomic E-state index is 12.5. The van der Waals surface area contributed by atoms with Crippen LogP contribution in [0.25, 0.3) is 0 Å². The van der Waals surface area contributed by atoms with E-state index in [-0.39, 0.29) is 18.4 Å². The number of nitrogens with one attached hydrogen (secondary N) is 1. The fourth-order valence-corrected chi connectivity index (χ4v) is 3.96. The molecule has 6 nitrogen and oxygen atoms in total. The number of nitrogens with zero attached hydrogens (tertiary/aromatic N) is 1. The molecule has 7 heteroatoms. The van der Waals surface area contributed by atoms with Gasteiger partial charge < -0.3 is 19.2 Å². The molecule has 0 radical (unpaired) electrons. The Kier molecular flexibility index (Phi) is 5.55. The Morgan fingerprint density at radius 3 is 2.81 bits per heavy atom. The molecule has 1 atom stereocenters. The van der Waals surface area contributed by atoms with Gasteiger partial charge in [-0.3, -0.25) is 9.69 Å². The highest BCUT2D eigenvalue weighted by atomic mass is 35.5. The Morgan fingerprint density at radius 1 is 1.22 bits per heavy atom. The maximum atomic E-state index is 12.5. The first-order valence-electron chi connectivity index (χ1n) is 9.33. The zero-order chi connectivity index (χ0) is 18.6. The second-order valence-corrected chi connectivity index (χ2v) is 7.26. The van der Waals surface area contributed by atoms with Gasteiger partial charge in [0.2, 0.25) is 5.91 Å². The van der Waals surface area contributed by atoms with Crippen LogP contribution in [0.2, 0.25) is 5.02 Å². The number of carbonyl (C=O) groups excluding carboxylic acids is 1. The van der Waals surface area contributed by atoms with Crippen LogP contribution in [-0.4, -0.2) is 43.7 Å². The topological polar surface area (TPSA) is 63.9 Å². The number of fused-ring (bicyclic) bond motifs is 1. The van der Waals surface area contributed by atoms with E-state index in [0.29, 0.717) is 36.3 Å². The normalized spacial score (nSPS) is 17.7. The van der Waals surface area contributed by atoms with E-state index >= 15 is 0 Å². The summed E-state index contributed by atoms with van der Waals surface area (Å²) in [6.07, 6.45) is 4.28. The Hall–Kier alpha value is -2.18. The molecule has 2 aliphatic rings. The molecule has 1 amide bonds. The molecule has 1 aromatic heterocycles. The van der Waals surface area contributed by atoms with Crippen molar-refractivity contribution in [2.45, 2.75) is 25.3 Å². The van der Waals surface area contributed by atoms with Gasteiger partial charge in [0, 0.05) is 6.54 Å². The van der Waals surface area contributed by atoms with Crippen molar-refractivity contribution >= 4 is 17.5 Å². The standard InChI is InChI=1S/C20H23ClN2O4/c21-15-10-14(11-18-20(15)27-9-8-26-18)12-19(24)22-13-16(17-4-3-7-25-17)23-5-1-2-6-23/h3-4,7,10-11,16H,1-2,5-6,8-9,12-13H2,(H,22,24). The van der Waals surface area contributed by atoms with Crippen molar-refractivity contribution in [3.63, 3.8) is 0 Å². The van der Waals surface area contributed by atoms with Crippen LogP contribution < -0.4 is 14.8 Å². The molecule has 2 aromatic rings. The molecule has 2 aliphatic heterocycles. The number of amides is 1. The third-order valence-corrected chi connectivity index (χ3v) is 5.25. The van der Waals surface area contributed by atoms with Gasteiger partial charge in [-0.15, -0.1) is 0 Å². The molecule has 1 aromatic carbocycles. The summed E-state index contributed by atoms with van der Waals surface area (Å²) in [4.78, 5) is 14.9. The first-order chi connectivity index (χ1) is 13.2. The summed E-state index contributed by atoms with van der Waals surface area (Å²) in [5, 5.41) is 3.51. The first kappa shape index (κ1) is 18.2. The summed E-state index contributed by atoms with van der Waals surface area (Å²) >= 11 is 6.26. The first-order valence-corrected chi connectivity index (χ1v) is 9.70. The molecule has 1 N–H and O–H groups in total. The van der Waals surface area contributed by atoms with E-state index in [1.54, 1.807) is 12.3 Å². The largest absolute Gasteiger partial charge is 0.486 e. The minimum Gasteiger partial charge on any atom is -0.486 e. The van der Waals surface area contributed by atoms with E-state index in [1.165, 1.54) is 12.8 Å². The van der Waals surface area contributed by atoms with Gasteiger partial charge in [-0.25, -0.2) is 0 Å². The third-order valence-electron chi connectivity index (χ3n) is 4.97. The monoisotopic (exact) mass is 390 g/mol. The lowest BCUT2D eigenvalue weighted by Gasteiger charge is -2.26. The number of likely N-dealkylation sites (tertiary alicyclic amines) is 1. The predicted octanol–water partition coefficient (Wildman–Crippen LogP) is 3.20. The average Bonchev–Trinajstić information content (AvgIpc) is 3.36. The van der Waals surface area contributed by atoms with Gasteiger partial charge in [-0.2, -0.15) is 0 Å². The van der Waals surface area contributed by atoms with Gasteiger partial charge in [0.1, 0.15) is 19.0 Å². The van der Waals surface area contributed by atoms with Gasteiger partial charge in [0.05, 0.1) is 23.7 Å². The molecule has 4 rings (SSSR count). The van der Waals surface area contributed by atoms with E-state index in [0.717, 1.165) is 24.4 Å².